The summed E-state index contributed by atoms with van der Waals surface area (Å²) in [6.07, 6.45) is 6.92. The van der Waals surface area contributed by atoms with Gasteiger partial charge in [0.05, 0.1) is 0 Å². The van der Waals surface area contributed by atoms with Crippen LogP contribution in [0.2, 0.25) is 0 Å². The molecule has 2 aliphatic rings. The summed E-state index contributed by atoms with van der Waals surface area (Å²) in [5.74, 6) is 1.00. The van der Waals surface area contributed by atoms with Crippen LogP contribution in [0, 0.1) is 11.8 Å². The Morgan fingerprint density at radius 2 is 2.00 bits per heavy atom. The molecule has 2 unspecified atom stereocenters. The van der Waals surface area contributed by atoms with Crippen molar-refractivity contribution in [3.63, 3.8) is 0 Å². The molecule has 0 bridgehead atoms. The molecule has 2 N–H and O–H groups in total. The molecule has 1 heterocycles. The lowest BCUT2D eigenvalue weighted by molar-refractivity contribution is -0.141. The molecule has 1 aliphatic heterocycles. The molecule has 17 heavy (non-hydrogen) atoms. The Morgan fingerprint density at radius 3 is 2.59 bits per heavy atom. The maximum Gasteiger partial charge on any atom is 0.226 e. The third kappa shape index (κ3) is 2.49. The summed E-state index contributed by atoms with van der Waals surface area (Å²) < 4.78 is 0. The normalized spacial score (nSPS) is 32.8. The van der Waals surface area contributed by atoms with Gasteiger partial charge in [0.15, 0.2) is 0 Å². The van der Waals surface area contributed by atoms with Crippen molar-refractivity contribution in [1.29, 1.82) is 0 Å². The van der Waals surface area contributed by atoms with Crippen molar-refractivity contribution in [3.05, 3.63) is 0 Å². The largest absolute Gasteiger partial charge is 0.337 e. The van der Waals surface area contributed by atoms with Gasteiger partial charge in [0, 0.05) is 18.0 Å². The van der Waals surface area contributed by atoms with Gasteiger partial charge in [0.1, 0.15) is 0 Å². The number of amides is 1. The van der Waals surface area contributed by atoms with Crippen LogP contribution in [-0.2, 0) is 4.79 Å². The predicted octanol–water partition coefficient (Wildman–Crippen LogP) is 2.15. The molecule has 0 aromatic carbocycles. The van der Waals surface area contributed by atoms with Gasteiger partial charge in [-0.1, -0.05) is 12.8 Å². The Hall–Kier alpha value is -0.570. The lowest BCUT2D eigenvalue weighted by Crippen LogP contribution is -2.48. The summed E-state index contributed by atoms with van der Waals surface area (Å²) in [6.45, 7) is 6.00. The van der Waals surface area contributed by atoms with Gasteiger partial charge in [-0.05, 0) is 52.0 Å². The van der Waals surface area contributed by atoms with E-state index >= 15 is 0 Å². The summed E-state index contributed by atoms with van der Waals surface area (Å²) in [4.78, 5) is 14.8. The summed E-state index contributed by atoms with van der Waals surface area (Å²) in [5.41, 5.74) is 5.89. The van der Waals surface area contributed by atoms with Crippen LogP contribution in [-0.4, -0.2) is 29.4 Å². The average Bonchev–Trinajstić information content (AvgIpc) is 2.68. The van der Waals surface area contributed by atoms with Gasteiger partial charge < -0.3 is 10.6 Å². The van der Waals surface area contributed by atoms with Gasteiger partial charge in [-0.2, -0.15) is 0 Å². The topological polar surface area (TPSA) is 46.3 Å². The van der Waals surface area contributed by atoms with Crippen LogP contribution in [0.15, 0.2) is 0 Å². The minimum atomic E-state index is 0.0632. The van der Waals surface area contributed by atoms with E-state index < -0.39 is 0 Å². The van der Waals surface area contributed by atoms with Crippen molar-refractivity contribution in [2.75, 3.05) is 13.1 Å². The molecule has 1 saturated carbocycles. The van der Waals surface area contributed by atoms with Crippen LogP contribution in [0.25, 0.3) is 0 Å². The second-order valence-electron chi connectivity index (χ2n) is 6.29. The molecule has 0 aromatic heterocycles. The van der Waals surface area contributed by atoms with Gasteiger partial charge >= 0.3 is 0 Å². The number of carbonyl (C=O) groups is 1. The first-order valence-electron chi connectivity index (χ1n) is 7.08. The van der Waals surface area contributed by atoms with Crippen LogP contribution >= 0.6 is 0 Å². The summed E-state index contributed by atoms with van der Waals surface area (Å²) >= 11 is 0. The molecule has 1 saturated heterocycles. The van der Waals surface area contributed by atoms with Gasteiger partial charge in [-0.25, -0.2) is 0 Å². The summed E-state index contributed by atoms with van der Waals surface area (Å²) in [6, 6.07) is 0. The van der Waals surface area contributed by atoms with Crippen LogP contribution < -0.4 is 5.73 Å². The lowest BCUT2D eigenvalue weighted by Gasteiger charge is -2.38. The number of likely N-dealkylation sites (tertiary alicyclic amines) is 1. The Morgan fingerprint density at radius 1 is 1.29 bits per heavy atom. The maximum absolute atomic E-state index is 12.7. The molecule has 2 atom stereocenters. The number of rotatable bonds is 2. The zero-order chi connectivity index (χ0) is 12.5. The van der Waals surface area contributed by atoms with E-state index in [-0.39, 0.29) is 11.5 Å². The van der Waals surface area contributed by atoms with E-state index in [1.54, 1.807) is 0 Å². The van der Waals surface area contributed by atoms with E-state index in [1.807, 2.05) is 0 Å². The number of hydrogen-bond donors (Lipinski definition) is 1. The Balaban J connectivity index is 2.07. The van der Waals surface area contributed by atoms with E-state index in [1.165, 1.54) is 12.8 Å². The fourth-order valence-corrected chi connectivity index (χ4v) is 3.53. The Labute approximate surface area is 105 Å². The highest BCUT2D eigenvalue weighted by Gasteiger charge is 2.40. The molecule has 2 rings (SSSR count). The van der Waals surface area contributed by atoms with Crippen molar-refractivity contribution in [3.8, 4) is 0 Å². The Bertz CT molecular complexity index is 288. The predicted molar refractivity (Wildman–Crippen MR) is 69.5 cm³/mol. The molecule has 3 nitrogen and oxygen atoms in total. The van der Waals surface area contributed by atoms with Crippen LogP contribution in [0.4, 0.5) is 0 Å². The lowest BCUT2D eigenvalue weighted by atomic mass is 9.78. The fraction of sp³-hybridized carbons (Fsp3) is 0.929. The third-order valence-corrected chi connectivity index (χ3v) is 4.70. The molecule has 1 aliphatic carbocycles. The smallest absolute Gasteiger partial charge is 0.226 e. The van der Waals surface area contributed by atoms with Crippen molar-refractivity contribution in [2.45, 2.75) is 57.9 Å². The van der Waals surface area contributed by atoms with E-state index in [4.69, 9.17) is 5.73 Å². The zero-order valence-electron chi connectivity index (χ0n) is 11.2. The van der Waals surface area contributed by atoms with Crippen molar-refractivity contribution in [2.24, 2.45) is 17.6 Å². The molecule has 1 amide bonds. The fourth-order valence-electron chi connectivity index (χ4n) is 3.53. The summed E-state index contributed by atoms with van der Waals surface area (Å²) in [5, 5.41) is 0. The molecule has 0 radical (unpaired) electrons. The monoisotopic (exact) mass is 238 g/mol. The number of nitrogens with zero attached hydrogens (tertiary/aromatic N) is 1. The second kappa shape index (κ2) is 4.97. The van der Waals surface area contributed by atoms with E-state index in [0.29, 0.717) is 18.4 Å². The highest BCUT2D eigenvalue weighted by atomic mass is 16.2. The van der Waals surface area contributed by atoms with E-state index in [0.717, 1.165) is 32.2 Å². The van der Waals surface area contributed by atoms with Crippen molar-refractivity contribution < 1.29 is 4.79 Å². The third-order valence-electron chi connectivity index (χ3n) is 4.70. The quantitative estimate of drug-likeness (QED) is 0.801. The SMILES string of the molecule is CC1(C)CCCN1C(=O)C1CCCCC1CN. The van der Waals surface area contributed by atoms with Gasteiger partial charge in [0.25, 0.3) is 0 Å². The zero-order valence-corrected chi connectivity index (χ0v) is 11.2. The van der Waals surface area contributed by atoms with Gasteiger partial charge in [0.2, 0.25) is 5.91 Å². The molecule has 2 fully saturated rings. The van der Waals surface area contributed by atoms with Crippen molar-refractivity contribution >= 4 is 5.91 Å². The molecular weight excluding hydrogens is 212 g/mol. The second-order valence-corrected chi connectivity index (χ2v) is 6.29. The minimum Gasteiger partial charge on any atom is -0.337 e. The average molecular weight is 238 g/mol. The highest BCUT2D eigenvalue weighted by Crippen LogP contribution is 2.35. The molecular formula is C14H26N2O. The Kier molecular flexibility index (Phi) is 3.76. The molecule has 98 valence electrons. The first-order chi connectivity index (χ1) is 8.06. The highest BCUT2D eigenvalue weighted by molar-refractivity contribution is 5.80. The molecule has 3 heteroatoms. The van der Waals surface area contributed by atoms with Crippen LogP contribution in [0.3, 0.4) is 0 Å². The number of carbonyl (C=O) groups excluding carboxylic acids is 1. The molecule has 0 aromatic rings. The minimum absolute atomic E-state index is 0.0632. The number of hydrogen-bond acceptors (Lipinski definition) is 2. The van der Waals surface area contributed by atoms with Crippen LogP contribution in [0.1, 0.15) is 52.4 Å². The first kappa shape index (κ1) is 12.9. The molecule has 0 spiro atoms. The van der Waals surface area contributed by atoms with Gasteiger partial charge in [-0.15, -0.1) is 0 Å². The van der Waals surface area contributed by atoms with Gasteiger partial charge in [-0.3, -0.25) is 4.79 Å². The number of nitrogens with two attached hydrogens (primary N) is 1. The van der Waals surface area contributed by atoms with Crippen LogP contribution in [0.5, 0.6) is 0 Å². The van der Waals surface area contributed by atoms with Crippen molar-refractivity contribution in [1.82, 2.24) is 4.90 Å². The summed E-state index contributed by atoms with van der Waals surface area (Å²) in [7, 11) is 0. The maximum atomic E-state index is 12.7. The van der Waals surface area contributed by atoms with E-state index in [2.05, 4.69) is 18.7 Å². The first-order valence-corrected chi connectivity index (χ1v) is 7.08. The van der Waals surface area contributed by atoms with E-state index in [9.17, 15) is 4.79 Å². The standard InChI is InChI=1S/C14H26N2O/c1-14(2)8-5-9-16(14)13(17)12-7-4-3-6-11(12)10-15/h11-12H,3-10,15H2,1-2H3.